The first-order valence-electron chi connectivity index (χ1n) is 4.38. The molecule has 0 bridgehead atoms. The van der Waals surface area contributed by atoms with E-state index in [9.17, 15) is 9.59 Å². The first-order chi connectivity index (χ1) is 7.27. The third-order valence-electron chi connectivity index (χ3n) is 1.73. The summed E-state index contributed by atoms with van der Waals surface area (Å²) in [6, 6.07) is 1.91. The molecule has 0 aliphatic rings. The fourth-order valence-electron chi connectivity index (χ4n) is 1.04. The summed E-state index contributed by atoms with van der Waals surface area (Å²) in [4.78, 5) is 25.5. The van der Waals surface area contributed by atoms with Gasteiger partial charge in [-0.15, -0.1) is 0 Å². The second-order valence-electron chi connectivity index (χ2n) is 2.79. The van der Waals surface area contributed by atoms with Gasteiger partial charge >= 0.3 is 0 Å². The van der Waals surface area contributed by atoms with E-state index in [1.165, 1.54) is 10.8 Å². The second-order valence-corrected chi connectivity index (χ2v) is 2.79. The third kappa shape index (κ3) is 3.23. The predicted molar refractivity (Wildman–Crippen MR) is 50.9 cm³/mol. The third-order valence-corrected chi connectivity index (χ3v) is 1.73. The van der Waals surface area contributed by atoms with Crippen LogP contribution in [0, 0.1) is 11.3 Å². The van der Waals surface area contributed by atoms with E-state index in [4.69, 9.17) is 5.26 Å². The van der Waals surface area contributed by atoms with E-state index in [-0.39, 0.29) is 24.7 Å². The average Bonchev–Trinajstić information content (AvgIpc) is 2.65. The van der Waals surface area contributed by atoms with Crippen LogP contribution in [0.2, 0.25) is 0 Å². The molecule has 1 N–H and O–H groups in total. The summed E-state index contributed by atoms with van der Waals surface area (Å²) < 4.78 is 1.44. The second kappa shape index (κ2) is 5.54. The van der Waals surface area contributed by atoms with Crippen LogP contribution in [0.15, 0.2) is 12.4 Å². The average molecular weight is 206 g/mol. The Labute approximate surface area is 86.5 Å². The zero-order valence-electron chi connectivity index (χ0n) is 8.01. The lowest BCUT2D eigenvalue weighted by atomic mass is 10.4. The molecule has 0 radical (unpaired) electrons. The maximum Gasteiger partial charge on any atom is 0.240 e. The van der Waals surface area contributed by atoms with E-state index < -0.39 is 0 Å². The highest BCUT2D eigenvalue weighted by Crippen LogP contribution is 1.93. The lowest BCUT2D eigenvalue weighted by Gasteiger charge is -2.04. The molecule has 0 unspecified atom stereocenters. The number of carbonyl (C=O) groups is 2. The molecule has 0 aromatic carbocycles. The summed E-state index contributed by atoms with van der Waals surface area (Å²) in [6.45, 7) is 0.361. The van der Waals surface area contributed by atoms with Crippen molar-refractivity contribution in [2.75, 3.05) is 6.54 Å². The Bertz CT molecular complexity index is 391. The fraction of sp³-hybridized carbons (Fsp3) is 0.333. The highest BCUT2D eigenvalue weighted by molar-refractivity contribution is 5.77. The van der Waals surface area contributed by atoms with Gasteiger partial charge in [-0.05, 0) is 0 Å². The number of nitrogens with one attached hydrogen (secondary N) is 1. The lowest BCUT2D eigenvalue weighted by Crippen LogP contribution is -2.28. The minimum Gasteiger partial charge on any atom is -0.354 e. The van der Waals surface area contributed by atoms with Crippen molar-refractivity contribution in [2.24, 2.45) is 0 Å². The van der Waals surface area contributed by atoms with Crippen molar-refractivity contribution in [3.8, 4) is 6.07 Å². The van der Waals surface area contributed by atoms with Gasteiger partial charge in [0.15, 0.2) is 12.1 Å². The van der Waals surface area contributed by atoms with Crippen LogP contribution in [0.1, 0.15) is 17.0 Å². The minimum atomic E-state index is -0.244. The van der Waals surface area contributed by atoms with Crippen LogP contribution in [0.3, 0.4) is 0 Å². The number of nitrogens with zero attached hydrogens (tertiary/aromatic N) is 3. The molecule has 78 valence electrons. The van der Waals surface area contributed by atoms with Crippen LogP contribution in [-0.2, 0) is 11.3 Å². The minimum absolute atomic E-state index is 0.0412. The molecule has 1 aromatic rings. The van der Waals surface area contributed by atoms with Crippen molar-refractivity contribution >= 4 is 12.2 Å². The number of aldehydes is 1. The largest absolute Gasteiger partial charge is 0.354 e. The SMILES string of the molecule is N#CCCNC(=O)Cn1ccnc1C=O. The molecule has 6 heteroatoms. The molecule has 0 aliphatic heterocycles. The zero-order valence-corrected chi connectivity index (χ0v) is 8.01. The van der Waals surface area contributed by atoms with Crippen LogP contribution in [-0.4, -0.2) is 28.3 Å². The van der Waals surface area contributed by atoms with Crippen molar-refractivity contribution in [3.63, 3.8) is 0 Å². The first-order valence-corrected chi connectivity index (χ1v) is 4.38. The van der Waals surface area contributed by atoms with E-state index in [0.717, 1.165) is 0 Å². The molecule has 0 atom stereocenters. The van der Waals surface area contributed by atoms with Gasteiger partial charge in [0.05, 0.1) is 12.5 Å². The summed E-state index contributed by atoms with van der Waals surface area (Å²) in [5.41, 5.74) is 0. The van der Waals surface area contributed by atoms with Gasteiger partial charge in [-0.1, -0.05) is 0 Å². The molecule has 1 aromatic heterocycles. The number of aromatic nitrogens is 2. The Morgan fingerprint density at radius 1 is 1.73 bits per heavy atom. The topological polar surface area (TPSA) is 87.8 Å². The van der Waals surface area contributed by atoms with E-state index in [2.05, 4.69) is 10.3 Å². The van der Waals surface area contributed by atoms with Gasteiger partial charge in [-0.3, -0.25) is 9.59 Å². The Morgan fingerprint density at radius 2 is 2.53 bits per heavy atom. The number of nitriles is 1. The number of hydrogen-bond donors (Lipinski definition) is 1. The van der Waals surface area contributed by atoms with Crippen molar-refractivity contribution in [2.45, 2.75) is 13.0 Å². The molecule has 1 heterocycles. The standard InChI is InChI=1S/C9H10N4O2/c10-2-1-3-12-9(15)6-13-5-4-11-8(13)7-14/h4-5,7H,1,3,6H2,(H,12,15). The quantitative estimate of drug-likeness (QED) is 0.530. The van der Waals surface area contributed by atoms with E-state index in [0.29, 0.717) is 12.8 Å². The lowest BCUT2D eigenvalue weighted by molar-refractivity contribution is -0.121. The van der Waals surface area contributed by atoms with Crippen molar-refractivity contribution in [3.05, 3.63) is 18.2 Å². The highest BCUT2D eigenvalue weighted by atomic mass is 16.2. The summed E-state index contributed by atoms with van der Waals surface area (Å²) in [7, 11) is 0. The van der Waals surface area contributed by atoms with E-state index in [1.807, 2.05) is 6.07 Å². The van der Waals surface area contributed by atoms with Gasteiger partial charge in [0.1, 0.15) is 6.54 Å². The van der Waals surface area contributed by atoms with Gasteiger partial charge in [0.2, 0.25) is 5.91 Å². The molecular formula is C9H10N4O2. The first kappa shape index (κ1) is 10.9. The molecule has 0 saturated heterocycles. The fourth-order valence-corrected chi connectivity index (χ4v) is 1.04. The maximum atomic E-state index is 11.3. The molecule has 15 heavy (non-hydrogen) atoms. The summed E-state index contributed by atoms with van der Waals surface area (Å²) in [5.74, 6) is -0.0308. The summed E-state index contributed by atoms with van der Waals surface area (Å²) in [5, 5.41) is 10.8. The smallest absolute Gasteiger partial charge is 0.240 e. The Kier molecular flexibility index (Phi) is 4.04. The van der Waals surface area contributed by atoms with Gasteiger partial charge in [0, 0.05) is 18.9 Å². The summed E-state index contributed by atoms with van der Waals surface area (Å²) in [6.07, 6.45) is 3.86. The Balaban J connectivity index is 2.45. The van der Waals surface area contributed by atoms with Crippen LogP contribution in [0.5, 0.6) is 0 Å². The van der Waals surface area contributed by atoms with Gasteiger partial charge in [-0.2, -0.15) is 5.26 Å². The normalized spacial score (nSPS) is 9.27. The number of carbonyl (C=O) groups excluding carboxylic acids is 2. The molecule has 0 aliphatic carbocycles. The molecule has 6 nitrogen and oxygen atoms in total. The van der Waals surface area contributed by atoms with Crippen LogP contribution in [0.4, 0.5) is 0 Å². The Hall–Kier alpha value is -2.16. The molecule has 1 amide bonds. The van der Waals surface area contributed by atoms with Crippen LogP contribution < -0.4 is 5.32 Å². The van der Waals surface area contributed by atoms with Gasteiger partial charge < -0.3 is 9.88 Å². The number of hydrogen-bond acceptors (Lipinski definition) is 4. The summed E-state index contributed by atoms with van der Waals surface area (Å²) >= 11 is 0. The highest BCUT2D eigenvalue weighted by Gasteiger charge is 2.05. The zero-order chi connectivity index (χ0) is 11.1. The van der Waals surface area contributed by atoms with Gasteiger partial charge in [-0.25, -0.2) is 4.98 Å². The van der Waals surface area contributed by atoms with Crippen molar-refractivity contribution < 1.29 is 9.59 Å². The predicted octanol–water partition coefficient (Wildman–Crippen LogP) is -0.275. The number of imidazole rings is 1. The molecular weight excluding hydrogens is 196 g/mol. The molecule has 1 rings (SSSR count). The van der Waals surface area contributed by atoms with E-state index >= 15 is 0 Å². The van der Waals surface area contributed by atoms with Crippen molar-refractivity contribution in [1.82, 2.24) is 14.9 Å². The monoisotopic (exact) mass is 206 g/mol. The van der Waals surface area contributed by atoms with Crippen molar-refractivity contribution in [1.29, 1.82) is 5.26 Å². The molecule has 0 spiro atoms. The van der Waals surface area contributed by atoms with Gasteiger partial charge in [0.25, 0.3) is 0 Å². The maximum absolute atomic E-state index is 11.3. The van der Waals surface area contributed by atoms with E-state index in [1.54, 1.807) is 6.20 Å². The van der Waals surface area contributed by atoms with Crippen LogP contribution in [0.25, 0.3) is 0 Å². The molecule has 0 saturated carbocycles. The molecule has 0 fully saturated rings. The Morgan fingerprint density at radius 3 is 3.20 bits per heavy atom. The number of rotatable bonds is 5. The number of amides is 1. The van der Waals surface area contributed by atoms with Crippen LogP contribution >= 0.6 is 0 Å².